The Morgan fingerprint density at radius 2 is 1.96 bits per heavy atom. The van der Waals surface area contributed by atoms with Gasteiger partial charge in [0.25, 0.3) is 0 Å². The van der Waals surface area contributed by atoms with Crippen molar-refractivity contribution in [3.8, 4) is 0 Å². The molecule has 142 valence electrons. The average molecular weight is 355 g/mol. The quantitative estimate of drug-likeness (QED) is 0.447. The highest BCUT2D eigenvalue weighted by atomic mass is 16.5. The molecule has 2 rings (SSSR count). The van der Waals surface area contributed by atoms with E-state index in [-0.39, 0.29) is 5.92 Å². The van der Waals surface area contributed by atoms with Gasteiger partial charge in [0, 0.05) is 5.57 Å². The summed E-state index contributed by atoms with van der Waals surface area (Å²) in [5, 5.41) is 19.0. The number of allylic oxidation sites excluding steroid dienone is 9. The molecular formula is C24H34O2. The molecule has 2 aliphatic rings. The molecule has 0 radical (unpaired) electrons. The van der Waals surface area contributed by atoms with Gasteiger partial charge in [-0.3, -0.25) is 0 Å². The molecule has 0 saturated heterocycles. The lowest BCUT2D eigenvalue weighted by atomic mass is 9.68. The normalized spacial score (nSPS) is 25.2. The van der Waals surface area contributed by atoms with E-state index in [1.54, 1.807) is 0 Å². The van der Waals surface area contributed by atoms with Gasteiger partial charge in [-0.2, -0.15) is 0 Å². The second kappa shape index (κ2) is 9.89. The maximum Gasteiger partial charge on any atom is 0.178 e. The fourth-order valence-electron chi connectivity index (χ4n) is 4.32. The summed E-state index contributed by atoms with van der Waals surface area (Å²) >= 11 is 0. The smallest absolute Gasteiger partial charge is 0.178 e. The zero-order valence-electron chi connectivity index (χ0n) is 16.4. The molecule has 26 heavy (non-hydrogen) atoms. The molecule has 0 aromatic rings. The molecule has 2 nitrogen and oxygen atoms in total. The summed E-state index contributed by atoms with van der Waals surface area (Å²) in [6.07, 6.45) is 20.1. The molecule has 0 fully saturated rings. The fraction of sp³-hybridized carbons (Fsp3) is 0.500. The Labute approximate surface area is 159 Å². The zero-order chi connectivity index (χ0) is 19.1. The van der Waals surface area contributed by atoms with Crippen molar-refractivity contribution < 1.29 is 10.2 Å². The summed E-state index contributed by atoms with van der Waals surface area (Å²) in [5.74, 6) is 1.63. The molecule has 0 aromatic heterocycles. The number of aliphatic hydroxyl groups is 2. The van der Waals surface area contributed by atoms with Crippen molar-refractivity contribution in [2.45, 2.75) is 52.7 Å². The molecular weight excluding hydrogens is 320 g/mol. The van der Waals surface area contributed by atoms with Crippen LogP contribution in [0.3, 0.4) is 0 Å². The van der Waals surface area contributed by atoms with Crippen molar-refractivity contribution in [3.05, 3.63) is 71.9 Å². The Bertz CT molecular complexity index is 631. The Balaban J connectivity index is 2.31. The molecule has 0 spiro atoms. The van der Waals surface area contributed by atoms with Crippen LogP contribution in [0.4, 0.5) is 0 Å². The minimum absolute atomic E-state index is 0.288. The molecule has 0 saturated carbocycles. The third kappa shape index (κ3) is 5.18. The summed E-state index contributed by atoms with van der Waals surface area (Å²) in [6, 6.07) is 0. The topological polar surface area (TPSA) is 40.5 Å². The van der Waals surface area contributed by atoms with Gasteiger partial charge in [-0.15, -0.1) is 6.58 Å². The summed E-state index contributed by atoms with van der Waals surface area (Å²) < 4.78 is 0. The molecule has 0 aliphatic heterocycles. The first-order valence-corrected chi connectivity index (χ1v) is 9.89. The second-order valence-corrected chi connectivity index (χ2v) is 7.64. The van der Waals surface area contributed by atoms with Crippen LogP contribution in [0.1, 0.15) is 46.5 Å². The number of hydrogen-bond acceptors (Lipinski definition) is 2. The van der Waals surface area contributed by atoms with E-state index in [2.05, 4.69) is 57.7 Å². The zero-order valence-corrected chi connectivity index (χ0v) is 16.4. The molecule has 2 N–H and O–H groups in total. The SMILES string of the molecule is C=CCC(C1=CCC=C(C)C=C1)C(CCC)C1C=CC(C(O)O)=CC1C. The predicted molar refractivity (Wildman–Crippen MR) is 110 cm³/mol. The summed E-state index contributed by atoms with van der Waals surface area (Å²) in [5.41, 5.74) is 3.34. The first-order valence-electron chi connectivity index (χ1n) is 9.89. The lowest BCUT2D eigenvalue weighted by Crippen LogP contribution is -2.29. The lowest BCUT2D eigenvalue weighted by Gasteiger charge is -2.37. The van der Waals surface area contributed by atoms with Gasteiger partial charge in [0.2, 0.25) is 0 Å². The third-order valence-corrected chi connectivity index (χ3v) is 5.69. The van der Waals surface area contributed by atoms with Gasteiger partial charge in [-0.05, 0) is 55.4 Å². The van der Waals surface area contributed by atoms with E-state index < -0.39 is 6.29 Å². The lowest BCUT2D eigenvalue weighted by molar-refractivity contribution is -0.00602. The molecule has 0 aromatic carbocycles. The molecule has 4 atom stereocenters. The van der Waals surface area contributed by atoms with E-state index in [4.69, 9.17) is 0 Å². The van der Waals surface area contributed by atoms with Crippen LogP contribution < -0.4 is 0 Å². The first kappa shape index (κ1) is 20.7. The summed E-state index contributed by atoms with van der Waals surface area (Å²) in [6.45, 7) is 10.6. The third-order valence-electron chi connectivity index (χ3n) is 5.69. The van der Waals surface area contributed by atoms with Crippen LogP contribution in [-0.2, 0) is 0 Å². The van der Waals surface area contributed by atoms with Crippen molar-refractivity contribution in [1.29, 1.82) is 0 Å². The maximum atomic E-state index is 9.48. The van der Waals surface area contributed by atoms with Crippen molar-refractivity contribution in [2.24, 2.45) is 23.7 Å². The number of rotatable bonds is 8. The van der Waals surface area contributed by atoms with Crippen molar-refractivity contribution in [1.82, 2.24) is 0 Å². The molecule has 0 bridgehead atoms. The van der Waals surface area contributed by atoms with Gasteiger partial charge in [0.15, 0.2) is 6.29 Å². The van der Waals surface area contributed by atoms with Gasteiger partial charge in [-0.1, -0.05) is 74.4 Å². The van der Waals surface area contributed by atoms with Gasteiger partial charge in [0.05, 0.1) is 0 Å². The van der Waals surface area contributed by atoms with E-state index in [0.717, 1.165) is 25.7 Å². The number of hydrogen-bond donors (Lipinski definition) is 2. The largest absolute Gasteiger partial charge is 0.364 e. The Hall–Kier alpha value is -1.64. The van der Waals surface area contributed by atoms with Crippen LogP contribution in [0.5, 0.6) is 0 Å². The van der Waals surface area contributed by atoms with E-state index in [9.17, 15) is 10.2 Å². The first-order chi connectivity index (χ1) is 12.5. The van der Waals surface area contributed by atoms with Gasteiger partial charge < -0.3 is 10.2 Å². The Kier molecular flexibility index (Phi) is 7.86. The van der Waals surface area contributed by atoms with Crippen LogP contribution in [-0.4, -0.2) is 16.5 Å². The fourth-order valence-corrected chi connectivity index (χ4v) is 4.32. The highest BCUT2D eigenvalue weighted by Gasteiger charge is 2.32. The van der Waals surface area contributed by atoms with E-state index in [1.165, 1.54) is 11.1 Å². The molecule has 4 unspecified atom stereocenters. The molecule has 0 heterocycles. The van der Waals surface area contributed by atoms with Crippen molar-refractivity contribution in [3.63, 3.8) is 0 Å². The van der Waals surface area contributed by atoms with Crippen LogP contribution >= 0.6 is 0 Å². The van der Waals surface area contributed by atoms with Gasteiger partial charge in [-0.25, -0.2) is 0 Å². The van der Waals surface area contributed by atoms with Crippen molar-refractivity contribution in [2.75, 3.05) is 0 Å². The summed E-state index contributed by atoms with van der Waals surface area (Å²) in [7, 11) is 0. The standard InChI is InChI=1S/C24H34O2/c1-5-8-22(19-11-7-10-17(3)12-13-19)23(9-6-2)21-15-14-20(24(25)26)16-18(21)4/h5,10-16,18,21-26H,1,6-9H2,2-4H3. The van der Waals surface area contributed by atoms with Crippen molar-refractivity contribution >= 4 is 0 Å². The maximum absolute atomic E-state index is 9.48. The van der Waals surface area contributed by atoms with E-state index in [0.29, 0.717) is 23.3 Å². The van der Waals surface area contributed by atoms with Crippen LogP contribution in [0.15, 0.2) is 71.9 Å². The van der Waals surface area contributed by atoms with E-state index in [1.807, 2.05) is 18.2 Å². The van der Waals surface area contributed by atoms with Crippen LogP contribution in [0, 0.1) is 23.7 Å². The second-order valence-electron chi connectivity index (χ2n) is 7.64. The molecule has 0 amide bonds. The van der Waals surface area contributed by atoms with Gasteiger partial charge >= 0.3 is 0 Å². The van der Waals surface area contributed by atoms with Crippen LogP contribution in [0.25, 0.3) is 0 Å². The predicted octanol–water partition coefficient (Wildman–Crippen LogP) is 5.49. The van der Waals surface area contributed by atoms with Gasteiger partial charge in [0.1, 0.15) is 0 Å². The highest BCUT2D eigenvalue weighted by molar-refractivity contribution is 5.34. The monoisotopic (exact) mass is 354 g/mol. The Morgan fingerprint density at radius 1 is 1.19 bits per heavy atom. The minimum Gasteiger partial charge on any atom is -0.364 e. The van der Waals surface area contributed by atoms with E-state index >= 15 is 0 Å². The summed E-state index contributed by atoms with van der Waals surface area (Å²) in [4.78, 5) is 0. The van der Waals surface area contributed by atoms with Crippen LogP contribution in [0.2, 0.25) is 0 Å². The Morgan fingerprint density at radius 3 is 2.58 bits per heavy atom. The number of aliphatic hydroxyl groups excluding tert-OH is 1. The molecule has 2 heteroatoms. The average Bonchev–Trinajstić information content (AvgIpc) is 2.82. The molecule has 2 aliphatic carbocycles. The minimum atomic E-state index is -1.38. The highest BCUT2D eigenvalue weighted by Crippen LogP contribution is 2.41.